The summed E-state index contributed by atoms with van der Waals surface area (Å²) >= 11 is 0. The summed E-state index contributed by atoms with van der Waals surface area (Å²) in [6.45, 7) is 3.02. The lowest BCUT2D eigenvalue weighted by Crippen LogP contribution is -2.46. The maximum Gasteiger partial charge on any atom is 0.270 e. The fourth-order valence-electron chi connectivity index (χ4n) is 2.79. The van der Waals surface area contributed by atoms with E-state index in [-0.39, 0.29) is 17.8 Å². The Morgan fingerprint density at radius 2 is 2.18 bits per heavy atom. The van der Waals surface area contributed by atoms with Gasteiger partial charge in [0, 0.05) is 17.8 Å². The van der Waals surface area contributed by atoms with Crippen molar-refractivity contribution in [1.29, 1.82) is 0 Å². The number of carbonyl (C=O) groups excluding carboxylic acids is 1. The second-order valence-corrected chi connectivity index (χ2v) is 5.68. The summed E-state index contributed by atoms with van der Waals surface area (Å²) in [6, 6.07) is 6.55. The lowest BCUT2D eigenvalue weighted by molar-refractivity contribution is 0.0918. The summed E-state index contributed by atoms with van der Waals surface area (Å²) in [5.41, 5.74) is 1.17. The van der Waals surface area contributed by atoms with Crippen molar-refractivity contribution in [2.45, 2.75) is 31.8 Å². The highest BCUT2D eigenvalue weighted by Crippen LogP contribution is 2.14. The number of halogens is 1. The van der Waals surface area contributed by atoms with Crippen LogP contribution in [-0.4, -0.2) is 34.1 Å². The Hall–Kier alpha value is -2.21. The van der Waals surface area contributed by atoms with Crippen LogP contribution in [0.2, 0.25) is 0 Å². The molecule has 2 aromatic rings. The number of imidazole rings is 1. The van der Waals surface area contributed by atoms with Crippen LogP contribution in [0.3, 0.4) is 0 Å². The molecule has 1 aliphatic heterocycles. The van der Waals surface area contributed by atoms with Gasteiger partial charge in [-0.1, -0.05) is 0 Å². The lowest BCUT2D eigenvalue weighted by Gasteiger charge is -2.28. The number of benzene rings is 1. The number of hydrogen-bond acceptors (Lipinski definition) is 3. The number of piperidine rings is 1. The zero-order valence-corrected chi connectivity index (χ0v) is 12.4. The highest BCUT2D eigenvalue weighted by Gasteiger charge is 2.22. The SMILES string of the molecule is CC1CC(NC(=O)c2cncn2-c2ccc(F)cc2)CCN1. The summed E-state index contributed by atoms with van der Waals surface area (Å²) in [6.07, 6.45) is 4.92. The van der Waals surface area contributed by atoms with Crippen LogP contribution in [0.25, 0.3) is 5.69 Å². The normalized spacial score (nSPS) is 21.5. The van der Waals surface area contributed by atoms with Crippen LogP contribution in [0.1, 0.15) is 30.3 Å². The van der Waals surface area contributed by atoms with E-state index < -0.39 is 0 Å². The molecule has 5 nitrogen and oxygen atoms in total. The van der Waals surface area contributed by atoms with E-state index in [9.17, 15) is 9.18 Å². The third-order valence-corrected chi connectivity index (χ3v) is 3.93. The summed E-state index contributed by atoms with van der Waals surface area (Å²) in [7, 11) is 0. The van der Waals surface area contributed by atoms with Gasteiger partial charge in [-0.3, -0.25) is 9.36 Å². The first kappa shape index (κ1) is 14.7. The highest BCUT2D eigenvalue weighted by atomic mass is 19.1. The number of nitrogens with zero attached hydrogens (tertiary/aromatic N) is 2. The van der Waals surface area contributed by atoms with Gasteiger partial charge in [-0.25, -0.2) is 9.37 Å². The number of carbonyl (C=O) groups is 1. The van der Waals surface area contributed by atoms with Crippen molar-refractivity contribution >= 4 is 5.91 Å². The second-order valence-electron chi connectivity index (χ2n) is 5.68. The molecule has 1 aliphatic rings. The van der Waals surface area contributed by atoms with Crippen molar-refractivity contribution in [2.75, 3.05) is 6.54 Å². The molecule has 116 valence electrons. The molecule has 1 amide bonds. The Kier molecular flexibility index (Phi) is 4.20. The largest absolute Gasteiger partial charge is 0.348 e. The Balaban J connectivity index is 1.76. The first-order valence-corrected chi connectivity index (χ1v) is 7.46. The molecule has 2 heterocycles. The molecule has 0 bridgehead atoms. The molecule has 0 spiro atoms. The number of nitrogens with one attached hydrogen (secondary N) is 2. The van der Waals surface area contributed by atoms with Gasteiger partial charge >= 0.3 is 0 Å². The van der Waals surface area contributed by atoms with E-state index in [1.807, 2.05) is 0 Å². The minimum absolute atomic E-state index is 0.152. The molecule has 3 rings (SSSR count). The number of aromatic nitrogens is 2. The van der Waals surface area contributed by atoms with Crippen LogP contribution in [0.4, 0.5) is 4.39 Å². The van der Waals surface area contributed by atoms with E-state index >= 15 is 0 Å². The van der Waals surface area contributed by atoms with Crippen LogP contribution in [0, 0.1) is 5.82 Å². The van der Waals surface area contributed by atoms with Gasteiger partial charge in [-0.2, -0.15) is 0 Å². The molecule has 2 unspecified atom stereocenters. The van der Waals surface area contributed by atoms with Crippen molar-refractivity contribution in [3.05, 3.63) is 48.3 Å². The van der Waals surface area contributed by atoms with Crippen LogP contribution in [0.5, 0.6) is 0 Å². The molecule has 2 N–H and O–H groups in total. The standard InChI is InChI=1S/C16H19FN4O/c1-11-8-13(6-7-19-11)20-16(22)15-9-18-10-21(15)14-4-2-12(17)3-5-14/h2-5,9-11,13,19H,6-8H2,1H3,(H,20,22). The van der Waals surface area contributed by atoms with E-state index in [0.29, 0.717) is 17.4 Å². The molecule has 0 saturated carbocycles. The Morgan fingerprint density at radius 3 is 2.91 bits per heavy atom. The lowest BCUT2D eigenvalue weighted by atomic mass is 10.0. The van der Waals surface area contributed by atoms with Gasteiger partial charge in [-0.05, 0) is 50.6 Å². The second kappa shape index (κ2) is 6.27. The van der Waals surface area contributed by atoms with Crippen molar-refractivity contribution in [2.24, 2.45) is 0 Å². The van der Waals surface area contributed by atoms with Crippen LogP contribution in [-0.2, 0) is 0 Å². The number of amides is 1. The van der Waals surface area contributed by atoms with Gasteiger partial charge in [0.25, 0.3) is 5.91 Å². The third-order valence-electron chi connectivity index (χ3n) is 3.93. The number of rotatable bonds is 3. The van der Waals surface area contributed by atoms with Crippen LogP contribution in [0.15, 0.2) is 36.8 Å². The minimum Gasteiger partial charge on any atom is -0.348 e. The predicted octanol–water partition coefficient (Wildman–Crippen LogP) is 1.88. The molecule has 0 radical (unpaired) electrons. The molecular formula is C16H19FN4O. The minimum atomic E-state index is -0.307. The van der Waals surface area contributed by atoms with E-state index in [1.54, 1.807) is 23.0 Å². The van der Waals surface area contributed by atoms with Crippen molar-refractivity contribution in [3.8, 4) is 5.69 Å². The molecular weight excluding hydrogens is 283 g/mol. The van der Waals surface area contributed by atoms with Gasteiger partial charge in [0.15, 0.2) is 0 Å². The highest BCUT2D eigenvalue weighted by molar-refractivity contribution is 5.93. The molecule has 0 aliphatic carbocycles. The zero-order chi connectivity index (χ0) is 15.5. The Morgan fingerprint density at radius 1 is 1.41 bits per heavy atom. The fourth-order valence-corrected chi connectivity index (χ4v) is 2.79. The molecule has 1 fully saturated rings. The van der Waals surface area contributed by atoms with Gasteiger partial charge in [0.1, 0.15) is 11.5 Å². The zero-order valence-electron chi connectivity index (χ0n) is 12.4. The number of hydrogen-bond donors (Lipinski definition) is 2. The quantitative estimate of drug-likeness (QED) is 0.910. The van der Waals surface area contributed by atoms with Gasteiger partial charge < -0.3 is 10.6 Å². The van der Waals surface area contributed by atoms with Crippen LogP contribution < -0.4 is 10.6 Å². The first-order chi connectivity index (χ1) is 10.6. The molecule has 1 aromatic heterocycles. The third kappa shape index (κ3) is 3.17. The maximum absolute atomic E-state index is 13.0. The first-order valence-electron chi connectivity index (χ1n) is 7.46. The summed E-state index contributed by atoms with van der Waals surface area (Å²) < 4.78 is 14.7. The molecule has 2 atom stereocenters. The summed E-state index contributed by atoms with van der Waals surface area (Å²) in [5.74, 6) is -0.459. The average Bonchev–Trinajstić information content (AvgIpc) is 2.97. The van der Waals surface area contributed by atoms with Gasteiger partial charge in [0.2, 0.25) is 0 Å². The van der Waals surface area contributed by atoms with Gasteiger partial charge in [-0.15, -0.1) is 0 Å². The molecule has 22 heavy (non-hydrogen) atoms. The van der Waals surface area contributed by atoms with Crippen molar-refractivity contribution < 1.29 is 9.18 Å². The van der Waals surface area contributed by atoms with E-state index in [1.165, 1.54) is 18.3 Å². The van der Waals surface area contributed by atoms with E-state index in [2.05, 4.69) is 22.5 Å². The Bertz CT molecular complexity index is 652. The Labute approximate surface area is 128 Å². The van der Waals surface area contributed by atoms with Gasteiger partial charge in [0.05, 0.1) is 12.5 Å². The molecule has 1 aromatic carbocycles. The van der Waals surface area contributed by atoms with Crippen molar-refractivity contribution in [3.63, 3.8) is 0 Å². The summed E-state index contributed by atoms with van der Waals surface area (Å²) in [5, 5.41) is 6.42. The van der Waals surface area contributed by atoms with Crippen LogP contribution >= 0.6 is 0 Å². The maximum atomic E-state index is 13.0. The van der Waals surface area contributed by atoms with Crippen molar-refractivity contribution in [1.82, 2.24) is 20.2 Å². The smallest absolute Gasteiger partial charge is 0.270 e. The molecule has 1 saturated heterocycles. The average molecular weight is 302 g/mol. The van der Waals surface area contributed by atoms with E-state index in [0.717, 1.165) is 19.4 Å². The topological polar surface area (TPSA) is 59.0 Å². The van der Waals surface area contributed by atoms with E-state index in [4.69, 9.17) is 0 Å². The monoisotopic (exact) mass is 302 g/mol. The predicted molar refractivity (Wildman–Crippen MR) is 81.5 cm³/mol. The fraction of sp³-hybridized carbons (Fsp3) is 0.375. The molecule has 6 heteroatoms. The summed E-state index contributed by atoms with van der Waals surface area (Å²) in [4.78, 5) is 16.5.